The van der Waals surface area contributed by atoms with Gasteiger partial charge in [0, 0.05) is 25.7 Å². The molecule has 0 saturated carbocycles. The van der Waals surface area contributed by atoms with Crippen LogP contribution < -0.4 is 5.32 Å². The quantitative estimate of drug-likeness (QED) is 0.498. The fourth-order valence-electron chi connectivity index (χ4n) is 2.41. The molecule has 108 valence electrons. The molecule has 1 amide bonds. The maximum atomic E-state index is 11.6. The van der Waals surface area contributed by atoms with Crippen molar-refractivity contribution >= 4 is 11.6 Å². The maximum absolute atomic E-state index is 11.6. The van der Waals surface area contributed by atoms with Gasteiger partial charge >= 0.3 is 0 Å². The van der Waals surface area contributed by atoms with Crippen LogP contribution in [0.5, 0.6) is 0 Å². The van der Waals surface area contributed by atoms with Crippen LogP contribution in [0.25, 0.3) is 0 Å². The molecular weight excluding hydrogens is 254 g/mol. The Balaban J connectivity index is 1.77. The van der Waals surface area contributed by atoms with Crippen LogP contribution in [0.1, 0.15) is 25.3 Å². The molecule has 0 aromatic heterocycles. The van der Waals surface area contributed by atoms with Crippen LogP contribution in [-0.4, -0.2) is 40.9 Å². The number of nitrogens with zero attached hydrogens (tertiary/aromatic N) is 2. The van der Waals surface area contributed by atoms with Crippen molar-refractivity contribution in [3.8, 4) is 0 Å². The van der Waals surface area contributed by atoms with E-state index >= 15 is 0 Å². The van der Waals surface area contributed by atoms with E-state index < -0.39 is 0 Å². The number of hydrogen-bond donors (Lipinski definition) is 2. The van der Waals surface area contributed by atoms with Gasteiger partial charge in [-0.05, 0) is 25.3 Å². The van der Waals surface area contributed by atoms with Gasteiger partial charge < -0.3 is 10.5 Å². The molecule has 5 nitrogen and oxygen atoms in total. The third-order valence-electron chi connectivity index (χ3n) is 3.65. The lowest BCUT2D eigenvalue weighted by Crippen LogP contribution is -2.45. The molecule has 0 unspecified atom stereocenters. The van der Waals surface area contributed by atoms with E-state index in [9.17, 15) is 4.79 Å². The first-order valence-electron chi connectivity index (χ1n) is 6.95. The molecule has 0 bridgehead atoms. The van der Waals surface area contributed by atoms with E-state index in [1.54, 1.807) is 0 Å². The van der Waals surface area contributed by atoms with Gasteiger partial charge in [-0.2, -0.15) is 0 Å². The van der Waals surface area contributed by atoms with E-state index in [0.29, 0.717) is 0 Å². The molecule has 0 radical (unpaired) electrons. The van der Waals surface area contributed by atoms with Gasteiger partial charge in [-0.25, -0.2) is 0 Å². The zero-order valence-corrected chi connectivity index (χ0v) is 11.7. The predicted molar refractivity (Wildman–Crippen MR) is 77.8 cm³/mol. The Bertz CT molecular complexity index is 465. The van der Waals surface area contributed by atoms with Gasteiger partial charge in [0.1, 0.15) is 5.71 Å². The second-order valence-corrected chi connectivity index (χ2v) is 5.19. The fraction of sp³-hybridized carbons (Fsp3) is 0.467. The Labute approximate surface area is 119 Å². The first-order chi connectivity index (χ1) is 9.69. The summed E-state index contributed by atoms with van der Waals surface area (Å²) in [5.41, 5.74) is 1.43. The Hall–Kier alpha value is -1.88. The summed E-state index contributed by atoms with van der Waals surface area (Å²) in [6.07, 6.45) is 1.86. The first-order valence-corrected chi connectivity index (χ1v) is 6.95. The monoisotopic (exact) mass is 275 g/mol. The summed E-state index contributed by atoms with van der Waals surface area (Å²) >= 11 is 0. The third kappa shape index (κ3) is 4.06. The van der Waals surface area contributed by atoms with E-state index in [-0.39, 0.29) is 17.7 Å². The molecule has 0 spiro atoms. The largest absolute Gasteiger partial charge is 0.410 e. The lowest BCUT2D eigenvalue weighted by Gasteiger charge is -2.32. The van der Waals surface area contributed by atoms with Crippen LogP contribution in [0.4, 0.5) is 0 Å². The molecule has 1 saturated heterocycles. The molecule has 1 aliphatic rings. The summed E-state index contributed by atoms with van der Waals surface area (Å²) in [7, 11) is 0. The maximum Gasteiger partial charge on any atom is 0.268 e. The molecule has 0 atom stereocenters. The lowest BCUT2D eigenvalue weighted by molar-refractivity contribution is -0.115. The van der Waals surface area contributed by atoms with Crippen LogP contribution in [0, 0.1) is 0 Å². The Morgan fingerprint density at radius 3 is 2.60 bits per heavy atom. The number of likely N-dealkylation sites (tertiary alicyclic amines) is 1. The average Bonchev–Trinajstić information content (AvgIpc) is 2.49. The summed E-state index contributed by atoms with van der Waals surface area (Å²) in [6, 6.07) is 10.6. The van der Waals surface area contributed by atoms with Crippen molar-refractivity contribution in [3.63, 3.8) is 0 Å². The zero-order valence-electron chi connectivity index (χ0n) is 11.7. The van der Waals surface area contributed by atoms with E-state index in [4.69, 9.17) is 5.21 Å². The number of hydrogen-bond acceptors (Lipinski definition) is 4. The van der Waals surface area contributed by atoms with E-state index in [1.165, 1.54) is 12.5 Å². The van der Waals surface area contributed by atoms with Crippen molar-refractivity contribution in [3.05, 3.63) is 35.9 Å². The molecule has 1 fully saturated rings. The highest BCUT2D eigenvalue weighted by Crippen LogP contribution is 2.13. The molecule has 20 heavy (non-hydrogen) atoms. The summed E-state index contributed by atoms with van der Waals surface area (Å²) in [5, 5.41) is 14.4. The van der Waals surface area contributed by atoms with Crippen molar-refractivity contribution in [1.29, 1.82) is 0 Å². The van der Waals surface area contributed by atoms with Crippen LogP contribution in [0.15, 0.2) is 35.5 Å². The molecule has 1 aliphatic heterocycles. The van der Waals surface area contributed by atoms with E-state index in [2.05, 4.69) is 39.6 Å². The van der Waals surface area contributed by atoms with Gasteiger partial charge in [-0.15, -0.1) is 0 Å². The standard InChI is InChI=1S/C15H21N3O2/c1-12(17-20)15(19)16-14-7-9-18(10-8-14)11-13-5-3-2-4-6-13/h2-6,14,20H,7-11H2,1H3,(H,16,19)/b17-12+. The van der Waals surface area contributed by atoms with Crippen LogP contribution in [0.3, 0.4) is 0 Å². The molecular formula is C15H21N3O2. The second kappa shape index (κ2) is 7.05. The number of rotatable bonds is 4. The van der Waals surface area contributed by atoms with Gasteiger partial charge in [-0.1, -0.05) is 35.5 Å². The highest BCUT2D eigenvalue weighted by molar-refractivity contribution is 6.37. The number of amides is 1. The number of oxime groups is 1. The SMILES string of the molecule is C/C(=N\O)C(=O)NC1CCN(Cc2ccccc2)CC1. The van der Waals surface area contributed by atoms with E-state index in [0.717, 1.165) is 32.5 Å². The Kier molecular flexibility index (Phi) is 5.12. The van der Waals surface area contributed by atoms with Crippen molar-refractivity contribution in [2.24, 2.45) is 5.16 Å². The minimum atomic E-state index is -0.283. The van der Waals surface area contributed by atoms with Crippen molar-refractivity contribution in [2.75, 3.05) is 13.1 Å². The van der Waals surface area contributed by atoms with Gasteiger partial charge in [0.15, 0.2) is 0 Å². The first kappa shape index (κ1) is 14.5. The van der Waals surface area contributed by atoms with Crippen LogP contribution in [0.2, 0.25) is 0 Å². The molecule has 0 aliphatic carbocycles. The number of piperidine rings is 1. The van der Waals surface area contributed by atoms with Crippen molar-refractivity contribution in [2.45, 2.75) is 32.4 Å². The van der Waals surface area contributed by atoms with Crippen LogP contribution >= 0.6 is 0 Å². The van der Waals surface area contributed by atoms with Gasteiger partial charge in [0.25, 0.3) is 5.91 Å². The van der Waals surface area contributed by atoms with Crippen LogP contribution in [-0.2, 0) is 11.3 Å². The summed E-state index contributed by atoms with van der Waals surface area (Å²) in [5.74, 6) is -0.283. The summed E-state index contributed by atoms with van der Waals surface area (Å²) < 4.78 is 0. The molecule has 2 rings (SSSR count). The fourth-order valence-corrected chi connectivity index (χ4v) is 2.41. The normalized spacial score (nSPS) is 17.9. The highest BCUT2D eigenvalue weighted by atomic mass is 16.4. The molecule has 5 heteroatoms. The van der Waals surface area contributed by atoms with Gasteiger partial charge in [-0.3, -0.25) is 9.69 Å². The Morgan fingerprint density at radius 1 is 1.35 bits per heavy atom. The lowest BCUT2D eigenvalue weighted by atomic mass is 10.0. The predicted octanol–water partition coefficient (Wildman–Crippen LogP) is 1.62. The average molecular weight is 275 g/mol. The Morgan fingerprint density at radius 2 is 2.00 bits per heavy atom. The van der Waals surface area contributed by atoms with Gasteiger partial charge in [0.05, 0.1) is 0 Å². The van der Waals surface area contributed by atoms with Gasteiger partial charge in [0.2, 0.25) is 0 Å². The number of carbonyl (C=O) groups is 1. The number of carbonyl (C=O) groups excluding carboxylic acids is 1. The molecule has 1 aromatic carbocycles. The molecule has 2 N–H and O–H groups in total. The molecule has 1 heterocycles. The zero-order chi connectivity index (χ0) is 14.4. The third-order valence-corrected chi connectivity index (χ3v) is 3.65. The summed E-state index contributed by atoms with van der Waals surface area (Å²) in [6.45, 7) is 4.39. The van der Waals surface area contributed by atoms with E-state index in [1.807, 2.05) is 6.07 Å². The topological polar surface area (TPSA) is 64.9 Å². The number of nitrogens with one attached hydrogen (secondary N) is 1. The number of benzene rings is 1. The summed E-state index contributed by atoms with van der Waals surface area (Å²) in [4.78, 5) is 14.0. The molecule has 1 aromatic rings. The van der Waals surface area contributed by atoms with Crippen molar-refractivity contribution < 1.29 is 10.0 Å². The minimum Gasteiger partial charge on any atom is -0.410 e. The highest BCUT2D eigenvalue weighted by Gasteiger charge is 2.21. The minimum absolute atomic E-state index is 0.108. The van der Waals surface area contributed by atoms with Crippen molar-refractivity contribution in [1.82, 2.24) is 10.2 Å². The second-order valence-electron chi connectivity index (χ2n) is 5.19. The smallest absolute Gasteiger partial charge is 0.268 e.